The first-order valence-corrected chi connectivity index (χ1v) is 8.08. The molecule has 90 valence electrons. The van der Waals surface area contributed by atoms with Crippen LogP contribution in [0.3, 0.4) is 0 Å². The van der Waals surface area contributed by atoms with Gasteiger partial charge in [0.1, 0.15) is 0 Å². The molecule has 0 fully saturated rings. The topological polar surface area (TPSA) is 46.2 Å². The van der Waals surface area contributed by atoms with Crippen molar-refractivity contribution in [3.63, 3.8) is 0 Å². The van der Waals surface area contributed by atoms with Gasteiger partial charge in [0.05, 0.1) is 4.90 Å². The van der Waals surface area contributed by atoms with E-state index in [0.29, 0.717) is 27.8 Å². The Kier molecular flexibility index (Phi) is 5.73. The van der Waals surface area contributed by atoms with E-state index in [4.69, 9.17) is 11.6 Å². The third kappa shape index (κ3) is 4.00. The maximum absolute atomic E-state index is 11.9. The average molecular weight is 392 g/mol. The fourth-order valence-corrected chi connectivity index (χ4v) is 3.74. The van der Waals surface area contributed by atoms with Crippen molar-refractivity contribution >= 4 is 53.5 Å². The van der Waals surface area contributed by atoms with Crippen molar-refractivity contribution < 1.29 is 8.42 Å². The van der Waals surface area contributed by atoms with Gasteiger partial charge >= 0.3 is 0 Å². The highest BCUT2D eigenvalue weighted by molar-refractivity contribution is 9.11. The quantitative estimate of drug-likeness (QED) is 0.619. The highest BCUT2D eigenvalue weighted by atomic mass is 79.9. The van der Waals surface area contributed by atoms with Gasteiger partial charge in [-0.3, -0.25) is 0 Å². The SMILES string of the molecule is O=S(=O)(NCCCCl)c1cc(Br)ccc1Br. The number of rotatable bonds is 5. The Bertz CT molecular complexity index is 465. The third-order valence-corrected chi connectivity index (χ3v) is 5.00. The van der Waals surface area contributed by atoms with Gasteiger partial charge < -0.3 is 0 Å². The van der Waals surface area contributed by atoms with Gasteiger partial charge in [0.25, 0.3) is 0 Å². The molecule has 0 aliphatic heterocycles. The fourth-order valence-electron chi connectivity index (χ4n) is 1.03. The van der Waals surface area contributed by atoms with Crippen LogP contribution in [0.25, 0.3) is 0 Å². The minimum atomic E-state index is -3.47. The lowest BCUT2D eigenvalue weighted by molar-refractivity contribution is 0.580. The van der Waals surface area contributed by atoms with E-state index in [1.165, 1.54) is 0 Å². The minimum Gasteiger partial charge on any atom is -0.211 e. The van der Waals surface area contributed by atoms with Crippen LogP contribution in [0, 0.1) is 0 Å². The zero-order chi connectivity index (χ0) is 12.2. The summed E-state index contributed by atoms with van der Waals surface area (Å²) >= 11 is 11.9. The van der Waals surface area contributed by atoms with Crippen molar-refractivity contribution in [3.05, 3.63) is 27.1 Å². The first-order valence-electron chi connectivity index (χ1n) is 4.48. The van der Waals surface area contributed by atoms with Crippen molar-refractivity contribution in [3.8, 4) is 0 Å². The van der Waals surface area contributed by atoms with Gasteiger partial charge in [-0.2, -0.15) is 0 Å². The van der Waals surface area contributed by atoms with Gasteiger partial charge in [-0.25, -0.2) is 13.1 Å². The largest absolute Gasteiger partial charge is 0.241 e. The van der Waals surface area contributed by atoms with E-state index in [1.807, 2.05) is 0 Å². The van der Waals surface area contributed by atoms with Gasteiger partial charge in [-0.15, -0.1) is 11.6 Å². The van der Waals surface area contributed by atoms with Gasteiger partial charge in [0, 0.05) is 21.4 Å². The van der Waals surface area contributed by atoms with Gasteiger partial charge in [0.2, 0.25) is 10.0 Å². The normalized spacial score (nSPS) is 11.7. The van der Waals surface area contributed by atoms with Gasteiger partial charge in [0.15, 0.2) is 0 Å². The van der Waals surface area contributed by atoms with Crippen LogP contribution >= 0.6 is 43.5 Å². The van der Waals surface area contributed by atoms with Crippen LogP contribution in [0.15, 0.2) is 32.0 Å². The van der Waals surface area contributed by atoms with Crippen molar-refractivity contribution in [2.45, 2.75) is 11.3 Å². The monoisotopic (exact) mass is 389 g/mol. The maximum atomic E-state index is 11.9. The molecule has 0 unspecified atom stereocenters. The average Bonchev–Trinajstić information content (AvgIpc) is 2.22. The lowest BCUT2D eigenvalue weighted by Crippen LogP contribution is -2.25. The van der Waals surface area contributed by atoms with Crippen LogP contribution in [-0.2, 0) is 10.0 Å². The number of nitrogens with one attached hydrogen (secondary N) is 1. The molecule has 1 aromatic rings. The summed E-state index contributed by atoms with van der Waals surface area (Å²) in [6.07, 6.45) is 0.604. The third-order valence-electron chi connectivity index (χ3n) is 1.79. The number of alkyl halides is 1. The van der Waals surface area contributed by atoms with Gasteiger partial charge in [-0.1, -0.05) is 15.9 Å². The molecule has 1 N–H and O–H groups in total. The molecule has 0 aliphatic carbocycles. The molecule has 0 radical (unpaired) electrons. The predicted molar refractivity (Wildman–Crippen MR) is 72.4 cm³/mol. The Labute approximate surface area is 117 Å². The Hall–Kier alpha value is 0.380. The first-order chi connectivity index (χ1) is 7.47. The molecule has 0 spiro atoms. The number of benzene rings is 1. The number of halogens is 3. The molecule has 16 heavy (non-hydrogen) atoms. The molecule has 1 rings (SSSR count). The highest BCUT2D eigenvalue weighted by Gasteiger charge is 2.17. The number of hydrogen-bond acceptors (Lipinski definition) is 2. The molecule has 0 atom stereocenters. The Balaban J connectivity index is 2.93. The molecule has 0 amide bonds. The molecule has 0 bridgehead atoms. The van der Waals surface area contributed by atoms with E-state index in [9.17, 15) is 8.42 Å². The van der Waals surface area contributed by atoms with E-state index in [1.54, 1.807) is 18.2 Å². The van der Waals surface area contributed by atoms with Crippen molar-refractivity contribution in [1.82, 2.24) is 4.72 Å². The van der Waals surface area contributed by atoms with Crippen LogP contribution in [0.5, 0.6) is 0 Å². The maximum Gasteiger partial charge on any atom is 0.241 e. The summed E-state index contributed by atoms with van der Waals surface area (Å²) in [5, 5.41) is 0. The minimum absolute atomic E-state index is 0.219. The molecular formula is C9H10Br2ClNO2S. The van der Waals surface area contributed by atoms with Gasteiger partial charge in [-0.05, 0) is 40.5 Å². The summed E-state index contributed by atoms with van der Waals surface area (Å²) in [4.78, 5) is 0.219. The summed E-state index contributed by atoms with van der Waals surface area (Å²) in [6.45, 7) is 0.338. The molecule has 0 heterocycles. The van der Waals surface area contributed by atoms with E-state index >= 15 is 0 Å². The molecule has 0 saturated heterocycles. The fraction of sp³-hybridized carbons (Fsp3) is 0.333. The van der Waals surface area contributed by atoms with Crippen molar-refractivity contribution in [2.75, 3.05) is 12.4 Å². The molecular weight excluding hydrogens is 381 g/mol. The van der Waals surface area contributed by atoms with Crippen molar-refractivity contribution in [2.24, 2.45) is 0 Å². The molecule has 3 nitrogen and oxygen atoms in total. The lowest BCUT2D eigenvalue weighted by atomic mass is 10.4. The Morgan fingerprint density at radius 1 is 1.31 bits per heavy atom. The second-order valence-corrected chi connectivity index (χ2v) is 6.90. The summed E-state index contributed by atoms with van der Waals surface area (Å²) in [7, 11) is -3.47. The van der Waals surface area contributed by atoms with E-state index in [-0.39, 0.29) is 4.90 Å². The zero-order valence-corrected chi connectivity index (χ0v) is 13.0. The van der Waals surface area contributed by atoms with E-state index in [0.717, 1.165) is 0 Å². The molecule has 0 saturated carbocycles. The van der Waals surface area contributed by atoms with Crippen molar-refractivity contribution in [1.29, 1.82) is 0 Å². The Morgan fingerprint density at radius 2 is 2.00 bits per heavy atom. The predicted octanol–water partition coefficient (Wildman–Crippen LogP) is 3.12. The summed E-state index contributed by atoms with van der Waals surface area (Å²) in [6, 6.07) is 5.00. The molecule has 7 heteroatoms. The second kappa shape index (κ2) is 6.35. The molecule has 0 aliphatic rings. The smallest absolute Gasteiger partial charge is 0.211 e. The van der Waals surface area contributed by atoms with E-state index < -0.39 is 10.0 Å². The van der Waals surface area contributed by atoms with Crippen LogP contribution in [0.2, 0.25) is 0 Å². The second-order valence-electron chi connectivity index (χ2n) is 3.02. The zero-order valence-electron chi connectivity index (χ0n) is 8.21. The van der Waals surface area contributed by atoms with Crippen LogP contribution in [-0.4, -0.2) is 20.8 Å². The van der Waals surface area contributed by atoms with E-state index in [2.05, 4.69) is 36.6 Å². The van der Waals surface area contributed by atoms with Crippen LogP contribution in [0.1, 0.15) is 6.42 Å². The van der Waals surface area contributed by atoms with Crippen LogP contribution < -0.4 is 4.72 Å². The number of sulfonamides is 1. The highest BCUT2D eigenvalue weighted by Crippen LogP contribution is 2.25. The standard InChI is InChI=1S/C9H10Br2ClNO2S/c10-7-2-3-8(11)9(6-7)16(14,15)13-5-1-4-12/h2-3,6,13H,1,4-5H2. The molecule has 0 aromatic heterocycles. The summed E-state index contributed by atoms with van der Waals surface area (Å²) in [5.74, 6) is 0.433. The summed E-state index contributed by atoms with van der Waals surface area (Å²) < 4.78 is 27.5. The lowest BCUT2D eigenvalue weighted by Gasteiger charge is -2.08. The summed E-state index contributed by atoms with van der Waals surface area (Å²) in [5.41, 5.74) is 0. The number of hydrogen-bond donors (Lipinski definition) is 1. The first kappa shape index (κ1) is 14.4. The Morgan fingerprint density at radius 3 is 2.62 bits per heavy atom. The molecule has 1 aromatic carbocycles. The van der Waals surface area contributed by atoms with Crippen LogP contribution in [0.4, 0.5) is 0 Å².